The van der Waals surface area contributed by atoms with Crippen molar-refractivity contribution >= 4 is 39.3 Å². The lowest BCUT2D eigenvalue weighted by molar-refractivity contribution is 0.473. The van der Waals surface area contributed by atoms with Gasteiger partial charge in [0.1, 0.15) is 17.3 Å². The summed E-state index contributed by atoms with van der Waals surface area (Å²) < 4.78 is 19.6. The molecule has 0 N–H and O–H groups in total. The van der Waals surface area contributed by atoms with Crippen molar-refractivity contribution in [1.82, 2.24) is 0 Å². The first-order chi connectivity index (χ1) is 9.08. The van der Waals surface area contributed by atoms with Gasteiger partial charge in [0.15, 0.2) is 0 Å². The minimum Gasteiger partial charge on any atom is -0.456 e. The normalized spacial score (nSPS) is 10.3. The van der Waals surface area contributed by atoms with Gasteiger partial charge in [-0.2, -0.15) is 0 Å². The van der Waals surface area contributed by atoms with Gasteiger partial charge in [0.2, 0.25) is 0 Å². The van der Waals surface area contributed by atoms with E-state index in [-0.39, 0.29) is 0 Å². The molecule has 0 atom stereocenters. The van der Waals surface area contributed by atoms with Crippen LogP contribution in [0.15, 0.2) is 57.8 Å². The van der Waals surface area contributed by atoms with Gasteiger partial charge in [-0.05, 0) is 51.7 Å². The van der Waals surface area contributed by atoms with Gasteiger partial charge in [0.05, 0.1) is 4.47 Å². The van der Waals surface area contributed by atoms with Crippen molar-refractivity contribution in [2.24, 2.45) is 0 Å². The lowest BCUT2D eigenvalue weighted by Crippen LogP contribution is -1.87. The molecule has 0 saturated carbocycles. The van der Waals surface area contributed by atoms with Crippen molar-refractivity contribution in [3.8, 4) is 11.5 Å². The Morgan fingerprint density at radius 2 is 2.05 bits per heavy atom. The molecule has 0 aromatic heterocycles. The molecule has 0 unspecified atom stereocenters. The molecule has 0 aliphatic rings. The summed E-state index contributed by atoms with van der Waals surface area (Å²) in [6.45, 7) is 3.66. The van der Waals surface area contributed by atoms with E-state index < -0.39 is 5.82 Å². The fraction of sp³-hybridized carbons (Fsp3) is 0. The van der Waals surface area contributed by atoms with E-state index in [9.17, 15) is 4.39 Å². The largest absolute Gasteiger partial charge is 0.456 e. The van der Waals surface area contributed by atoms with Crippen LogP contribution in [0.3, 0.4) is 0 Å². The zero-order chi connectivity index (χ0) is 13.8. The maximum atomic E-state index is 13.2. The van der Waals surface area contributed by atoms with Gasteiger partial charge in [-0.25, -0.2) is 4.39 Å². The molecule has 0 radical (unpaired) electrons. The molecule has 0 amide bonds. The maximum absolute atomic E-state index is 13.2. The van der Waals surface area contributed by atoms with Gasteiger partial charge in [-0.15, -0.1) is 0 Å². The third-order valence-electron chi connectivity index (χ3n) is 2.19. The Bertz CT molecular complexity index is 598. The number of benzene rings is 2. The van der Waals surface area contributed by atoms with Crippen LogP contribution in [0.25, 0.3) is 0 Å². The Hall–Kier alpha value is -0.970. The van der Waals surface area contributed by atoms with Gasteiger partial charge in [0, 0.05) is 16.0 Å². The predicted octanol–water partition coefficient (Wildman–Crippen LogP) is 6.27. The second kappa shape index (κ2) is 6.46. The molecule has 2 rings (SSSR count). The molecule has 0 aliphatic carbocycles. The molecule has 0 bridgehead atoms. The van der Waals surface area contributed by atoms with E-state index in [1.165, 1.54) is 23.9 Å². The molecule has 19 heavy (non-hydrogen) atoms. The number of ether oxygens (including phenoxy) is 1. The Morgan fingerprint density at radius 1 is 1.26 bits per heavy atom. The first-order valence-corrected chi connectivity index (χ1v) is 7.34. The van der Waals surface area contributed by atoms with Gasteiger partial charge in [0.25, 0.3) is 0 Å². The monoisotopic (exact) mass is 358 g/mol. The van der Waals surface area contributed by atoms with Crippen LogP contribution in [-0.4, -0.2) is 0 Å². The highest BCUT2D eigenvalue weighted by molar-refractivity contribution is 9.10. The van der Waals surface area contributed by atoms with E-state index >= 15 is 0 Å². The second-order valence-electron chi connectivity index (χ2n) is 3.58. The zero-order valence-corrected chi connectivity index (χ0v) is 12.9. The van der Waals surface area contributed by atoms with E-state index in [0.29, 0.717) is 16.5 Å². The number of rotatable bonds is 4. The van der Waals surface area contributed by atoms with E-state index in [4.69, 9.17) is 16.3 Å². The van der Waals surface area contributed by atoms with Crippen molar-refractivity contribution in [3.05, 3.63) is 63.7 Å². The van der Waals surface area contributed by atoms with Gasteiger partial charge in [-0.3, -0.25) is 0 Å². The van der Waals surface area contributed by atoms with E-state index in [2.05, 4.69) is 22.5 Å². The molecular formula is C14H9BrClFOS. The number of hydrogen-bond acceptors (Lipinski definition) is 2. The Labute approximate surface area is 128 Å². The summed E-state index contributed by atoms with van der Waals surface area (Å²) in [5.41, 5.74) is 0. The molecule has 5 heteroatoms. The van der Waals surface area contributed by atoms with Crippen molar-refractivity contribution in [1.29, 1.82) is 0 Å². The second-order valence-corrected chi connectivity index (χ2v) is 5.92. The van der Waals surface area contributed by atoms with Gasteiger partial charge >= 0.3 is 0 Å². The van der Waals surface area contributed by atoms with Gasteiger partial charge in [-0.1, -0.05) is 29.9 Å². The fourth-order valence-electron chi connectivity index (χ4n) is 1.45. The topological polar surface area (TPSA) is 9.23 Å². The highest BCUT2D eigenvalue weighted by atomic mass is 79.9. The Balaban J connectivity index is 2.25. The number of thioether (sulfide) groups is 1. The first-order valence-electron chi connectivity index (χ1n) is 5.29. The molecule has 1 nitrogen and oxygen atoms in total. The molecule has 0 fully saturated rings. The van der Waals surface area contributed by atoms with Crippen LogP contribution in [0.2, 0.25) is 5.02 Å². The summed E-state index contributed by atoms with van der Waals surface area (Å²) in [4.78, 5) is 1.03. The average Bonchev–Trinajstić information content (AvgIpc) is 2.32. The standard InChI is InChI=1S/C14H9BrClFOS/c1-2-19-12-3-4-14(13(15)8-12)18-11-6-9(16)5-10(17)7-11/h2-8H,1H2. The zero-order valence-electron chi connectivity index (χ0n) is 9.70. The molecule has 2 aromatic rings. The smallest absolute Gasteiger partial charge is 0.141 e. The van der Waals surface area contributed by atoms with E-state index in [1.807, 2.05) is 12.1 Å². The lowest BCUT2D eigenvalue weighted by Gasteiger charge is -2.09. The minimum atomic E-state index is -0.433. The van der Waals surface area contributed by atoms with Crippen LogP contribution in [-0.2, 0) is 0 Å². The van der Waals surface area contributed by atoms with Crippen molar-refractivity contribution in [3.63, 3.8) is 0 Å². The summed E-state index contributed by atoms with van der Waals surface area (Å²) in [6, 6.07) is 9.67. The molecule has 0 saturated heterocycles. The molecule has 2 aromatic carbocycles. The van der Waals surface area contributed by atoms with Crippen LogP contribution in [0.1, 0.15) is 0 Å². The highest BCUT2D eigenvalue weighted by Crippen LogP contribution is 2.34. The lowest BCUT2D eigenvalue weighted by atomic mass is 10.3. The molecule has 98 valence electrons. The molecule has 0 aliphatic heterocycles. The summed E-state index contributed by atoms with van der Waals surface area (Å²) >= 11 is 10.7. The first kappa shape index (κ1) is 14.4. The maximum Gasteiger partial charge on any atom is 0.141 e. The predicted molar refractivity (Wildman–Crippen MR) is 81.7 cm³/mol. The Kier molecular flexibility index (Phi) is 4.91. The summed E-state index contributed by atoms with van der Waals surface area (Å²) in [5.74, 6) is 0.516. The quantitative estimate of drug-likeness (QED) is 0.595. The van der Waals surface area contributed by atoms with Gasteiger partial charge < -0.3 is 4.74 Å². The SMILES string of the molecule is C=CSc1ccc(Oc2cc(F)cc(Cl)c2)c(Br)c1. The Morgan fingerprint density at radius 3 is 2.68 bits per heavy atom. The summed E-state index contributed by atoms with van der Waals surface area (Å²) in [5, 5.41) is 2.04. The van der Waals surface area contributed by atoms with Crippen molar-refractivity contribution in [2.45, 2.75) is 4.90 Å². The van der Waals surface area contributed by atoms with E-state index in [0.717, 1.165) is 9.37 Å². The number of hydrogen-bond donors (Lipinski definition) is 0. The van der Waals surface area contributed by atoms with Crippen LogP contribution >= 0.6 is 39.3 Å². The van der Waals surface area contributed by atoms with E-state index in [1.54, 1.807) is 17.5 Å². The summed E-state index contributed by atoms with van der Waals surface area (Å²) in [7, 11) is 0. The molecular weight excluding hydrogens is 351 g/mol. The van der Waals surface area contributed by atoms with Crippen LogP contribution in [0.4, 0.5) is 4.39 Å². The average molecular weight is 360 g/mol. The molecule has 0 spiro atoms. The van der Waals surface area contributed by atoms with Crippen LogP contribution in [0, 0.1) is 5.82 Å². The highest BCUT2D eigenvalue weighted by Gasteiger charge is 2.06. The van der Waals surface area contributed by atoms with Crippen molar-refractivity contribution < 1.29 is 9.13 Å². The number of halogens is 3. The molecule has 0 heterocycles. The van der Waals surface area contributed by atoms with Crippen LogP contribution < -0.4 is 4.74 Å². The third-order valence-corrected chi connectivity index (χ3v) is 3.72. The summed E-state index contributed by atoms with van der Waals surface area (Å²) in [6.07, 6.45) is 0. The van der Waals surface area contributed by atoms with Crippen LogP contribution in [0.5, 0.6) is 11.5 Å². The fourth-order valence-corrected chi connectivity index (χ4v) is 2.80. The minimum absolute atomic E-state index is 0.296. The van der Waals surface area contributed by atoms with Crippen molar-refractivity contribution in [2.75, 3.05) is 0 Å². The third kappa shape index (κ3) is 4.00.